The minimum absolute atomic E-state index is 0.0874. The number of hydrogen-bond acceptors (Lipinski definition) is 7. The normalized spacial score (nSPS) is 20.8. The van der Waals surface area contributed by atoms with Crippen molar-refractivity contribution in [3.63, 3.8) is 0 Å². The number of amides is 1. The average Bonchev–Trinajstić information content (AvgIpc) is 3.13. The molecule has 2 aromatic rings. The molecule has 9 heteroatoms. The molecular weight excluding hydrogens is 346 g/mol. The maximum atomic E-state index is 12.7. The average molecular weight is 366 g/mol. The van der Waals surface area contributed by atoms with E-state index < -0.39 is 12.1 Å². The number of aliphatic hydroxyl groups excluding tert-OH is 1. The van der Waals surface area contributed by atoms with E-state index >= 15 is 0 Å². The van der Waals surface area contributed by atoms with E-state index in [-0.39, 0.29) is 29.6 Å². The first-order valence-corrected chi connectivity index (χ1v) is 8.33. The highest BCUT2D eigenvalue weighted by Gasteiger charge is 2.37. The second kappa shape index (κ2) is 6.61. The van der Waals surface area contributed by atoms with Crippen molar-refractivity contribution in [2.75, 3.05) is 16.8 Å². The second-order valence-electron chi connectivity index (χ2n) is 7.06. The van der Waals surface area contributed by atoms with Gasteiger partial charge in [-0.1, -0.05) is 25.9 Å². The number of anilines is 2. The molecule has 2 aromatic heterocycles. The lowest BCUT2D eigenvalue weighted by Gasteiger charge is -2.24. The van der Waals surface area contributed by atoms with Crippen LogP contribution in [0.25, 0.3) is 0 Å². The molecule has 1 aliphatic rings. The molecular formula is C16H20ClN5O3. The molecule has 1 amide bonds. The summed E-state index contributed by atoms with van der Waals surface area (Å²) in [6, 6.07) is 2.77. The largest absolute Gasteiger partial charge is 0.391 e. The smallest absolute Gasteiger partial charge is 0.248 e. The summed E-state index contributed by atoms with van der Waals surface area (Å²) in [4.78, 5) is 22.3. The molecule has 3 heterocycles. The Bertz CT molecular complexity index is 773. The summed E-state index contributed by atoms with van der Waals surface area (Å²) in [7, 11) is 0. The van der Waals surface area contributed by atoms with E-state index in [4.69, 9.17) is 16.1 Å². The molecule has 3 rings (SSSR count). The fraction of sp³-hybridized carbons (Fsp3) is 0.500. The van der Waals surface area contributed by atoms with Crippen molar-refractivity contribution in [2.45, 2.75) is 44.8 Å². The molecule has 0 saturated carbocycles. The summed E-state index contributed by atoms with van der Waals surface area (Å²) in [6.45, 7) is 6.27. The van der Waals surface area contributed by atoms with Gasteiger partial charge in [0, 0.05) is 30.6 Å². The molecule has 0 aromatic carbocycles. The molecule has 1 saturated heterocycles. The van der Waals surface area contributed by atoms with Crippen LogP contribution in [0.5, 0.6) is 0 Å². The molecule has 0 unspecified atom stereocenters. The van der Waals surface area contributed by atoms with Crippen molar-refractivity contribution in [1.82, 2.24) is 15.1 Å². The first kappa shape index (κ1) is 17.6. The standard InChI is InChI=1S/C16H20ClN5O3/c1-16(2,3)11-7-12(21-25-11)19-14(24)10-6-9(23)8-22(10)13-4-5-18-15(17)20-13/h4-5,7,9-10,23H,6,8H2,1-3H3,(H,19,21,24)/t9-,10+/m1/s1. The van der Waals surface area contributed by atoms with E-state index in [9.17, 15) is 9.90 Å². The number of carbonyl (C=O) groups is 1. The van der Waals surface area contributed by atoms with Crippen LogP contribution in [-0.2, 0) is 10.2 Å². The summed E-state index contributed by atoms with van der Waals surface area (Å²) in [5, 5.41) is 16.7. The maximum Gasteiger partial charge on any atom is 0.248 e. The SMILES string of the molecule is CC(C)(C)c1cc(NC(=O)[C@@H]2C[C@@H](O)CN2c2ccnc(Cl)n2)no1. The quantitative estimate of drug-likeness (QED) is 0.801. The number of halogens is 1. The number of β-amino-alcohol motifs (C(OH)–C–C–N with tert-alkyl or cyclic N) is 1. The van der Waals surface area contributed by atoms with E-state index in [1.165, 1.54) is 6.20 Å². The molecule has 1 aliphatic heterocycles. The van der Waals surface area contributed by atoms with E-state index in [1.54, 1.807) is 17.0 Å². The van der Waals surface area contributed by atoms with E-state index in [1.807, 2.05) is 20.8 Å². The highest BCUT2D eigenvalue weighted by molar-refractivity contribution is 6.28. The number of aliphatic hydroxyl groups is 1. The van der Waals surface area contributed by atoms with Crippen molar-refractivity contribution in [3.05, 3.63) is 29.4 Å². The number of nitrogens with one attached hydrogen (secondary N) is 1. The molecule has 0 aliphatic carbocycles. The Kier molecular flexibility index (Phi) is 4.66. The van der Waals surface area contributed by atoms with Crippen molar-refractivity contribution >= 4 is 29.1 Å². The molecule has 2 atom stereocenters. The van der Waals surface area contributed by atoms with Crippen LogP contribution in [0, 0.1) is 0 Å². The number of hydrogen-bond donors (Lipinski definition) is 2. The summed E-state index contributed by atoms with van der Waals surface area (Å²) < 4.78 is 5.28. The van der Waals surface area contributed by atoms with E-state index in [2.05, 4.69) is 20.4 Å². The van der Waals surface area contributed by atoms with Gasteiger partial charge < -0.3 is 19.8 Å². The fourth-order valence-electron chi connectivity index (χ4n) is 2.70. The van der Waals surface area contributed by atoms with Gasteiger partial charge in [0.1, 0.15) is 17.6 Å². The number of rotatable bonds is 3. The molecule has 8 nitrogen and oxygen atoms in total. The third-order valence-electron chi connectivity index (χ3n) is 3.99. The van der Waals surface area contributed by atoms with Gasteiger partial charge in [-0.15, -0.1) is 0 Å². The minimum Gasteiger partial charge on any atom is -0.391 e. The molecule has 0 spiro atoms. The maximum absolute atomic E-state index is 12.7. The Morgan fingerprint density at radius 1 is 1.48 bits per heavy atom. The van der Waals surface area contributed by atoms with Crippen molar-refractivity contribution in [1.29, 1.82) is 0 Å². The third kappa shape index (κ3) is 3.91. The van der Waals surface area contributed by atoms with Crippen LogP contribution >= 0.6 is 11.6 Å². The fourth-order valence-corrected chi connectivity index (χ4v) is 2.84. The number of carbonyl (C=O) groups excluding carboxylic acids is 1. The van der Waals surface area contributed by atoms with Crippen molar-refractivity contribution in [2.24, 2.45) is 0 Å². The third-order valence-corrected chi connectivity index (χ3v) is 4.17. The zero-order valence-electron chi connectivity index (χ0n) is 14.2. The van der Waals surface area contributed by atoms with Gasteiger partial charge in [0.05, 0.1) is 6.10 Å². The topological polar surface area (TPSA) is 104 Å². The molecule has 25 heavy (non-hydrogen) atoms. The van der Waals surface area contributed by atoms with Gasteiger partial charge in [0.25, 0.3) is 0 Å². The van der Waals surface area contributed by atoms with Gasteiger partial charge in [-0.25, -0.2) is 9.97 Å². The zero-order valence-corrected chi connectivity index (χ0v) is 15.0. The Labute approximate surface area is 150 Å². The predicted molar refractivity (Wildman–Crippen MR) is 92.6 cm³/mol. The van der Waals surface area contributed by atoms with Crippen LogP contribution in [0.1, 0.15) is 33.0 Å². The second-order valence-corrected chi connectivity index (χ2v) is 7.40. The van der Waals surface area contributed by atoms with Crippen LogP contribution in [0.15, 0.2) is 22.9 Å². The highest BCUT2D eigenvalue weighted by atomic mass is 35.5. The molecule has 1 fully saturated rings. The zero-order chi connectivity index (χ0) is 18.2. The predicted octanol–water partition coefficient (Wildman–Crippen LogP) is 1.99. The van der Waals surface area contributed by atoms with Crippen molar-refractivity contribution in [3.8, 4) is 0 Å². The van der Waals surface area contributed by atoms with Crippen LogP contribution < -0.4 is 10.2 Å². The summed E-state index contributed by atoms with van der Waals surface area (Å²) in [6.07, 6.45) is 1.17. The van der Waals surface area contributed by atoms with E-state index in [0.717, 1.165) is 0 Å². The number of nitrogens with zero attached hydrogens (tertiary/aromatic N) is 4. The van der Waals surface area contributed by atoms with Gasteiger partial charge in [0.2, 0.25) is 11.2 Å². The summed E-state index contributed by atoms with van der Waals surface area (Å²) >= 11 is 5.83. The molecule has 134 valence electrons. The minimum atomic E-state index is -0.632. The monoisotopic (exact) mass is 365 g/mol. The summed E-state index contributed by atoms with van der Waals surface area (Å²) in [5.41, 5.74) is -0.205. The van der Waals surface area contributed by atoms with Crippen molar-refractivity contribution < 1.29 is 14.4 Å². The van der Waals surface area contributed by atoms with Crippen LogP contribution in [0.4, 0.5) is 11.6 Å². The molecule has 2 N–H and O–H groups in total. The molecule has 0 radical (unpaired) electrons. The first-order valence-electron chi connectivity index (χ1n) is 7.95. The van der Waals surface area contributed by atoms with Crippen LogP contribution in [0.3, 0.4) is 0 Å². The lowest BCUT2D eigenvalue weighted by Crippen LogP contribution is -2.40. The number of aromatic nitrogens is 3. The molecule has 0 bridgehead atoms. The Morgan fingerprint density at radius 3 is 2.88 bits per heavy atom. The first-order chi connectivity index (χ1) is 11.7. The van der Waals surface area contributed by atoms with Gasteiger partial charge >= 0.3 is 0 Å². The lowest BCUT2D eigenvalue weighted by molar-refractivity contribution is -0.117. The van der Waals surface area contributed by atoms with E-state index in [0.29, 0.717) is 17.4 Å². The lowest BCUT2D eigenvalue weighted by atomic mass is 9.93. The Hall–Kier alpha value is -2.19. The van der Waals surface area contributed by atoms with Gasteiger partial charge in [-0.2, -0.15) is 0 Å². The van der Waals surface area contributed by atoms with Crippen LogP contribution in [-0.4, -0.2) is 44.8 Å². The van der Waals surface area contributed by atoms with Gasteiger partial charge in [0.15, 0.2) is 5.82 Å². The van der Waals surface area contributed by atoms with Gasteiger partial charge in [-0.05, 0) is 17.7 Å². The summed E-state index contributed by atoms with van der Waals surface area (Å²) in [5.74, 6) is 1.22. The van der Waals surface area contributed by atoms with Crippen LogP contribution in [0.2, 0.25) is 5.28 Å². The Balaban J connectivity index is 1.77. The highest BCUT2D eigenvalue weighted by Crippen LogP contribution is 2.27. The Morgan fingerprint density at radius 2 is 2.24 bits per heavy atom. The van der Waals surface area contributed by atoms with Gasteiger partial charge in [-0.3, -0.25) is 4.79 Å².